The van der Waals surface area contributed by atoms with Gasteiger partial charge in [-0.15, -0.1) is 0 Å². The van der Waals surface area contributed by atoms with Crippen molar-refractivity contribution in [2.45, 2.75) is 33.7 Å². The van der Waals surface area contributed by atoms with E-state index in [4.69, 9.17) is 0 Å². The summed E-state index contributed by atoms with van der Waals surface area (Å²) in [4.78, 5) is 4.48. The molecule has 0 aliphatic carbocycles. The van der Waals surface area contributed by atoms with E-state index in [9.17, 15) is 0 Å². The van der Waals surface area contributed by atoms with Crippen LogP contribution < -0.4 is 5.32 Å². The summed E-state index contributed by atoms with van der Waals surface area (Å²) in [6.45, 7) is 8.55. The normalized spacial score (nSPS) is 13.3. The van der Waals surface area contributed by atoms with Gasteiger partial charge in [0.05, 0.1) is 0 Å². The van der Waals surface area contributed by atoms with Gasteiger partial charge in [-0.25, -0.2) is 0 Å². The van der Waals surface area contributed by atoms with Crippen LogP contribution in [0.15, 0.2) is 12.1 Å². The molecule has 1 unspecified atom stereocenters. The molecule has 0 saturated carbocycles. The van der Waals surface area contributed by atoms with Crippen molar-refractivity contribution < 1.29 is 0 Å². The van der Waals surface area contributed by atoms with Crippen LogP contribution in [0.1, 0.15) is 36.8 Å². The predicted molar refractivity (Wildman–Crippen MR) is 60.3 cm³/mol. The van der Waals surface area contributed by atoms with Gasteiger partial charge in [-0.3, -0.25) is 4.98 Å². The highest BCUT2D eigenvalue weighted by Gasteiger charge is 2.15. The van der Waals surface area contributed by atoms with E-state index >= 15 is 0 Å². The maximum atomic E-state index is 4.48. The molecule has 1 aromatic rings. The van der Waals surface area contributed by atoms with Gasteiger partial charge in [0.1, 0.15) is 0 Å². The fourth-order valence-corrected chi connectivity index (χ4v) is 1.87. The maximum Gasteiger partial charge on any atom is 0.0423 e. The molecule has 0 radical (unpaired) electrons. The smallest absolute Gasteiger partial charge is 0.0423 e. The quantitative estimate of drug-likeness (QED) is 0.796. The molecule has 0 amide bonds. The zero-order chi connectivity index (χ0) is 10.7. The van der Waals surface area contributed by atoms with Gasteiger partial charge in [-0.2, -0.15) is 0 Å². The number of aromatic nitrogens is 1. The van der Waals surface area contributed by atoms with Crippen LogP contribution in [0.25, 0.3) is 0 Å². The second-order valence-electron chi connectivity index (χ2n) is 4.14. The molecule has 1 heterocycles. The van der Waals surface area contributed by atoms with Crippen molar-refractivity contribution in [3.63, 3.8) is 0 Å². The molecular weight excluding hydrogens is 172 g/mol. The SMILES string of the molecule is CNC(c1ccc(C)nc1C)C(C)C. The first kappa shape index (κ1) is 11.2. The zero-order valence-corrected chi connectivity index (χ0v) is 9.76. The van der Waals surface area contributed by atoms with Crippen molar-refractivity contribution in [3.8, 4) is 0 Å². The third-order valence-corrected chi connectivity index (χ3v) is 2.58. The summed E-state index contributed by atoms with van der Waals surface area (Å²) in [6.07, 6.45) is 0. The van der Waals surface area contributed by atoms with Crippen molar-refractivity contribution in [2.75, 3.05) is 7.05 Å². The molecule has 1 atom stereocenters. The molecular formula is C12H20N2. The lowest BCUT2D eigenvalue weighted by atomic mass is 9.95. The molecule has 0 aliphatic heterocycles. The number of nitrogens with zero attached hydrogens (tertiary/aromatic N) is 1. The maximum absolute atomic E-state index is 4.48. The topological polar surface area (TPSA) is 24.9 Å². The Balaban J connectivity index is 3.04. The Kier molecular flexibility index (Phi) is 3.64. The van der Waals surface area contributed by atoms with Gasteiger partial charge in [0.25, 0.3) is 0 Å². The van der Waals surface area contributed by atoms with E-state index in [0.717, 1.165) is 11.4 Å². The number of aryl methyl sites for hydroxylation is 2. The van der Waals surface area contributed by atoms with Crippen LogP contribution in [-0.4, -0.2) is 12.0 Å². The molecule has 0 fully saturated rings. The van der Waals surface area contributed by atoms with Crippen molar-refractivity contribution >= 4 is 0 Å². The Hall–Kier alpha value is -0.890. The molecule has 1 N–H and O–H groups in total. The largest absolute Gasteiger partial charge is 0.313 e. The van der Waals surface area contributed by atoms with Crippen molar-refractivity contribution in [2.24, 2.45) is 5.92 Å². The Labute approximate surface area is 86.8 Å². The summed E-state index contributed by atoms with van der Waals surface area (Å²) < 4.78 is 0. The molecule has 0 spiro atoms. The minimum atomic E-state index is 0.406. The standard InChI is InChI=1S/C12H20N2/c1-8(2)12(13-5)11-7-6-9(3)14-10(11)4/h6-8,12-13H,1-5H3. The number of hydrogen-bond donors (Lipinski definition) is 1. The molecule has 0 bridgehead atoms. The molecule has 0 saturated heterocycles. The van der Waals surface area contributed by atoms with Gasteiger partial charge < -0.3 is 5.32 Å². The van der Waals surface area contributed by atoms with E-state index in [-0.39, 0.29) is 0 Å². The summed E-state index contributed by atoms with van der Waals surface area (Å²) in [5, 5.41) is 3.34. The van der Waals surface area contributed by atoms with Crippen LogP contribution >= 0.6 is 0 Å². The van der Waals surface area contributed by atoms with Crippen LogP contribution in [0.5, 0.6) is 0 Å². The lowest BCUT2D eigenvalue weighted by Gasteiger charge is -2.22. The molecule has 0 aliphatic rings. The molecule has 78 valence electrons. The first-order valence-electron chi connectivity index (χ1n) is 5.17. The molecule has 2 heteroatoms. The second-order valence-corrected chi connectivity index (χ2v) is 4.14. The molecule has 1 aromatic heterocycles. The van der Waals surface area contributed by atoms with E-state index < -0.39 is 0 Å². The molecule has 1 rings (SSSR count). The lowest BCUT2D eigenvalue weighted by Crippen LogP contribution is -2.23. The van der Waals surface area contributed by atoms with E-state index in [1.54, 1.807) is 0 Å². The number of hydrogen-bond acceptors (Lipinski definition) is 2. The monoisotopic (exact) mass is 192 g/mol. The Morgan fingerprint density at radius 3 is 2.29 bits per heavy atom. The number of rotatable bonds is 3. The van der Waals surface area contributed by atoms with E-state index in [0.29, 0.717) is 12.0 Å². The van der Waals surface area contributed by atoms with Crippen LogP contribution in [-0.2, 0) is 0 Å². The minimum absolute atomic E-state index is 0.406. The summed E-state index contributed by atoms with van der Waals surface area (Å²) in [5.74, 6) is 0.586. The van der Waals surface area contributed by atoms with Crippen LogP contribution in [0.2, 0.25) is 0 Å². The van der Waals surface area contributed by atoms with Crippen LogP contribution in [0, 0.1) is 19.8 Å². The average molecular weight is 192 g/mol. The fraction of sp³-hybridized carbons (Fsp3) is 0.583. The third kappa shape index (κ3) is 2.32. The zero-order valence-electron chi connectivity index (χ0n) is 9.76. The van der Waals surface area contributed by atoms with Gasteiger partial charge >= 0.3 is 0 Å². The first-order valence-corrected chi connectivity index (χ1v) is 5.17. The van der Waals surface area contributed by atoms with Crippen molar-refractivity contribution in [1.82, 2.24) is 10.3 Å². The highest BCUT2D eigenvalue weighted by molar-refractivity contribution is 5.25. The third-order valence-electron chi connectivity index (χ3n) is 2.58. The van der Waals surface area contributed by atoms with Crippen molar-refractivity contribution in [1.29, 1.82) is 0 Å². The van der Waals surface area contributed by atoms with E-state index in [1.165, 1.54) is 5.56 Å². The van der Waals surface area contributed by atoms with E-state index in [1.807, 2.05) is 14.0 Å². The van der Waals surface area contributed by atoms with Gasteiger partial charge in [0, 0.05) is 17.4 Å². The Bertz CT molecular complexity index is 305. The molecule has 0 aromatic carbocycles. The Morgan fingerprint density at radius 1 is 1.21 bits per heavy atom. The van der Waals surface area contributed by atoms with Gasteiger partial charge in [0.2, 0.25) is 0 Å². The highest BCUT2D eigenvalue weighted by Crippen LogP contribution is 2.23. The van der Waals surface area contributed by atoms with Gasteiger partial charge in [-0.05, 0) is 38.4 Å². The Morgan fingerprint density at radius 2 is 1.86 bits per heavy atom. The highest BCUT2D eigenvalue weighted by atomic mass is 14.9. The summed E-state index contributed by atoms with van der Waals surface area (Å²) >= 11 is 0. The van der Waals surface area contributed by atoms with Crippen LogP contribution in [0.3, 0.4) is 0 Å². The summed E-state index contributed by atoms with van der Waals surface area (Å²) in [7, 11) is 2.00. The average Bonchev–Trinajstić information content (AvgIpc) is 2.09. The van der Waals surface area contributed by atoms with Crippen molar-refractivity contribution in [3.05, 3.63) is 29.1 Å². The minimum Gasteiger partial charge on any atom is -0.313 e. The van der Waals surface area contributed by atoms with Gasteiger partial charge in [0.15, 0.2) is 0 Å². The predicted octanol–water partition coefficient (Wildman–Crippen LogP) is 2.61. The summed E-state index contributed by atoms with van der Waals surface area (Å²) in [6, 6.07) is 4.66. The van der Waals surface area contributed by atoms with E-state index in [2.05, 4.69) is 43.2 Å². The van der Waals surface area contributed by atoms with Crippen LogP contribution in [0.4, 0.5) is 0 Å². The lowest BCUT2D eigenvalue weighted by molar-refractivity contribution is 0.440. The number of nitrogens with one attached hydrogen (secondary N) is 1. The fourth-order valence-electron chi connectivity index (χ4n) is 1.87. The second kappa shape index (κ2) is 4.56. The summed E-state index contributed by atoms with van der Waals surface area (Å²) in [5.41, 5.74) is 3.54. The molecule has 14 heavy (non-hydrogen) atoms. The first-order chi connectivity index (χ1) is 6.56. The molecule has 2 nitrogen and oxygen atoms in total. The van der Waals surface area contributed by atoms with Gasteiger partial charge in [-0.1, -0.05) is 19.9 Å². The number of pyridine rings is 1.